The first-order valence-corrected chi connectivity index (χ1v) is 8.11. The summed E-state index contributed by atoms with van der Waals surface area (Å²) in [6.45, 7) is 4.20. The molecule has 0 aliphatic rings. The maximum absolute atomic E-state index is 12.4. The van der Waals surface area contributed by atoms with E-state index in [1.807, 2.05) is 6.92 Å². The Morgan fingerprint density at radius 2 is 1.96 bits per heavy atom. The number of carbonyl (C=O) groups excluding carboxylic acids is 2. The number of unbranched alkanes of at least 4 members (excludes halogenated alkanes) is 3. The molecule has 7 heteroatoms. The number of ether oxygens (including phenoxy) is 1. The number of nitrogens with zero attached hydrogens (tertiary/aromatic N) is 2. The maximum Gasteiger partial charge on any atom is 0.305 e. The van der Waals surface area contributed by atoms with E-state index in [9.17, 15) is 9.59 Å². The highest BCUT2D eigenvalue weighted by Crippen LogP contribution is 2.21. The summed E-state index contributed by atoms with van der Waals surface area (Å²) in [6, 6.07) is 1.75. The molecule has 1 amide bonds. The van der Waals surface area contributed by atoms with Gasteiger partial charge in [0.15, 0.2) is 0 Å². The Bertz CT molecular complexity index is 724. The zero-order valence-electron chi connectivity index (χ0n) is 14.3. The smallest absolute Gasteiger partial charge is 0.305 e. The fourth-order valence-corrected chi connectivity index (χ4v) is 2.54. The van der Waals surface area contributed by atoms with Gasteiger partial charge < -0.3 is 14.6 Å². The van der Waals surface area contributed by atoms with E-state index in [0.717, 1.165) is 25.7 Å². The molecule has 0 spiro atoms. The summed E-state index contributed by atoms with van der Waals surface area (Å²) in [5, 5.41) is 7.46. The lowest BCUT2D eigenvalue weighted by Gasteiger charge is -2.07. The van der Waals surface area contributed by atoms with Gasteiger partial charge in [0.2, 0.25) is 0 Å². The van der Waals surface area contributed by atoms with Gasteiger partial charge in [0.1, 0.15) is 0 Å². The molecule has 0 aliphatic carbocycles. The van der Waals surface area contributed by atoms with E-state index in [4.69, 9.17) is 4.52 Å². The third-order valence-corrected chi connectivity index (χ3v) is 3.81. The number of carbonyl (C=O) groups is 2. The number of nitrogens with one attached hydrogen (secondary N) is 1. The predicted molar refractivity (Wildman–Crippen MR) is 88.7 cm³/mol. The molecule has 0 unspecified atom stereocenters. The van der Waals surface area contributed by atoms with E-state index in [2.05, 4.69) is 20.2 Å². The number of rotatable bonds is 8. The highest BCUT2D eigenvalue weighted by Gasteiger charge is 2.17. The number of pyridine rings is 1. The number of methoxy groups -OCH3 is 1. The number of aryl methyl sites for hydroxylation is 2. The lowest BCUT2D eigenvalue weighted by Crippen LogP contribution is -2.25. The van der Waals surface area contributed by atoms with Crippen molar-refractivity contribution in [1.29, 1.82) is 0 Å². The summed E-state index contributed by atoms with van der Waals surface area (Å²) in [7, 11) is 1.40. The Hall–Kier alpha value is -2.44. The number of hydrogen-bond donors (Lipinski definition) is 1. The van der Waals surface area contributed by atoms with Crippen LogP contribution in [0.5, 0.6) is 0 Å². The Labute approximate surface area is 140 Å². The average Bonchev–Trinajstić information content (AvgIpc) is 2.93. The minimum absolute atomic E-state index is 0.147. The average molecular weight is 333 g/mol. The van der Waals surface area contributed by atoms with Crippen LogP contribution in [0.1, 0.15) is 53.8 Å². The van der Waals surface area contributed by atoms with Crippen LogP contribution in [0.15, 0.2) is 10.6 Å². The SMILES string of the molecule is COC(=O)CCCCCCNC(=O)c1cc(C)nc2onc(C)c12. The summed E-state index contributed by atoms with van der Waals surface area (Å²) in [6.07, 6.45) is 4.01. The van der Waals surface area contributed by atoms with Crippen LogP contribution in [0.25, 0.3) is 11.1 Å². The molecule has 24 heavy (non-hydrogen) atoms. The molecule has 2 rings (SSSR count). The second kappa shape index (κ2) is 8.42. The fraction of sp³-hybridized carbons (Fsp3) is 0.529. The predicted octanol–water partition coefficient (Wildman–Crippen LogP) is 2.69. The van der Waals surface area contributed by atoms with Crippen LogP contribution in [-0.2, 0) is 9.53 Å². The first-order chi connectivity index (χ1) is 11.5. The van der Waals surface area contributed by atoms with Crippen molar-refractivity contribution in [2.45, 2.75) is 46.0 Å². The van der Waals surface area contributed by atoms with E-state index in [0.29, 0.717) is 41.0 Å². The lowest BCUT2D eigenvalue weighted by atomic mass is 10.1. The number of aromatic nitrogens is 2. The van der Waals surface area contributed by atoms with Crippen molar-refractivity contribution in [2.75, 3.05) is 13.7 Å². The molecule has 0 saturated heterocycles. The van der Waals surface area contributed by atoms with Gasteiger partial charge >= 0.3 is 5.97 Å². The molecule has 0 aromatic carbocycles. The standard InChI is InChI=1S/C17H23N3O4/c1-11-10-13(15-12(2)20-24-17(15)19-11)16(22)18-9-7-5-4-6-8-14(21)23-3/h10H,4-9H2,1-3H3,(H,18,22). The van der Waals surface area contributed by atoms with Crippen molar-refractivity contribution in [1.82, 2.24) is 15.5 Å². The van der Waals surface area contributed by atoms with Gasteiger partial charge in [0.05, 0.1) is 23.8 Å². The topological polar surface area (TPSA) is 94.3 Å². The molecule has 0 aliphatic heterocycles. The Kier molecular flexibility index (Phi) is 6.28. The van der Waals surface area contributed by atoms with Gasteiger partial charge in [-0.1, -0.05) is 18.0 Å². The third-order valence-electron chi connectivity index (χ3n) is 3.81. The highest BCUT2D eigenvalue weighted by molar-refractivity contribution is 6.05. The zero-order chi connectivity index (χ0) is 17.5. The van der Waals surface area contributed by atoms with Gasteiger partial charge in [-0.15, -0.1) is 0 Å². The Morgan fingerprint density at radius 1 is 1.21 bits per heavy atom. The minimum atomic E-state index is -0.176. The molecule has 7 nitrogen and oxygen atoms in total. The van der Waals surface area contributed by atoms with Crippen LogP contribution >= 0.6 is 0 Å². The van der Waals surface area contributed by atoms with Crippen molar-refractivity contribution in [3.05, 3.63) is 23.0 Å². The third kappa shape index (κ3) is 4.53. The molecule has 2 aromatic rings. The molecule has 0 saturated carbocycles. The van der Waals surface area contributed by atoms with E-state index >= 15 is 0 Å². The molecule has 1 N–H and O–H groups in total. The molecule has 0 radical (unpaired) electrons. The molecule has 2 aromatic heterocycles. The monoisotopic (exact) mass is 333 g/mol. The van der Waals surface area contributed by atoms with Crippen LogP contribution in [-0.4, -0.2) is 35.7 Å². The quantitative estimate of drug-likeness (QED) is 0.589. The van der Waals surface area contributed by atoms with Gasteiger partial charge in [-0.2, -0.15) is 0 Å². The second-order valence-electron chi connectivity index (χ2n) is 5.76. The highest BCUT2D eigenvalue weighted by atomic mass is 16.5. The molecular formula is C17H23N3O4. The molecular weight excluding hydrogens is 310 g/mol. The van der Waals surface area contributed by atoms with Crippen LogP contribution in [0.4, 0.5) is 0 Å². The zero-order valence-corrected chi connectivity index (χ0v) is 14.3. The van der Waals surface area contributed by atoms with Crippen LogP contribution in [0.3, 0.4) is 0 Å². The van der Waals surface area contributed by atoms with Gasteiger partial charge in [-0.3, -0.25) is 9.59 Å². The number of hydrogen-bond acceptors (Lipinski definition) is 6. The summed E-state index contributed by atoms with van der Waals surface area (Å²) in [4.78, 5) is 27.6. The van der Waals surface area contributed by atoms with E-state index < -0.39 is 0 Å². The van der Waals surface area contributed by atoms with Crippen LogP contribution in [0.2, 0.25) is 0 Å². The van der Waals surface area contributed by atoms with Crippen molar-refractivity contribution in [2.24, 2.45) is 0 Å². The lowest BCUT2D eigenvalue weighted by molar-refractivity contribution is -0.140. The Balaban J connectivity index is 1.81. The first-order valence-electron chi connectivity index (χ1n) is 8.11. The number of amides is 1. The van der Waals surface area contributed by atoms with E-state index in [1.165, 1.54) is 7.11 Å². The number of esters is 1. The fourth-order valence-electron chi connectivity index (χ4n) is 2.54. The number of fused-ring (bicyclic) bond motifs is 1. The van der Waals surface area contributed by atoms with Crippen molar-refractivity contribution in [3.63, 3.8) is 0 Å². The van der Waals surface area contributed by atoms with E-state index in [1.54, 1.807) is 13.0 Å². The van der Waals surface area contributed by atoms with Gasteiger partial charge in [0.25, 0.3) is 11.6 Å². The largest absolute Gasteiger partial charge is 0.469 e. The normalized spacial score (nSPS) is 10.8. The first kappa shape index (κ1) is 17.9. The summed E-state index contributed by atoms with van der Waals surface area (Å²) in [5.41, 5.74) is 2.31. The molecule has 0 bridgehead atoms. The molecule has 2 heterocycles. The summed E-state index contributed by atoms with van der Waals surface area (Å²) in [5.74, 6) is -0.323. The van der Waals surface area contributed by atoms with Crippen LogP contribution in [0, 0.1) is 13.8 Å². The minimum Gasteiger partial charge on any atom is -0.469 e. The van der Waals surface area contributed by atoms with Gasteiger partial charge in [-0.25, -0.2) is 4.98 Å². The van der Waals surface area contributed by atoms with Crippen molar-refractivity contribution in [3.8, 4) is 0 Å². The molecule has 0 atom stereocenters. The van der Waals surface area contributed by atoms with Gasteiger partial charge in [0, 0.05) is 18.7 Å². The van der Waals surface area contributed by atoms with Crippen molar-refractivity contribution >= 4 is 23.0 Å². The second-order valence-corrected chi connectivity index (χ2v) is 5.76. The Morgan fingerprint density at radius 3 is 2.71 bits per heavy atom. The molecule has 130 valence electrons. The van der Waals surface area contributed by atoms with E-state index in [-0.39, 0.29) is 11.9 Å². The van der Waals surface area contributed by atoms with Crippen molar-refractivity contribution < 1.29 is 18.8 Å². The van der Waals surface area contributed by atoms with Crippen LogP contribution < -0.4 is 5.32 Å². The summed E-state index contributed by atoms with van der Waals surface area (Å²) >= 11 is 0. The molecule has 0 fully saturated rings. The maximum atomic E-state index is 12.4. The van der Waals surface area contributed by atoms with Gasteiger partial charge in [-0.05, 0) is 32.8 Å². The summed E-state index contributed by atoms with van der Waals surface area (Å²) < 4.78 is 9.73.